The van der Waals surface area contributed by atoms with Crippen molar-refractivity contribution in [3.05, 3.63) is 46.9 Å². The van der Waals surface area contributed by atoms with Crippen LogP contribution >= 0.6 is 0 Å². The Morgan fingerprint density at radius 2 is 1.96 bits per heavy atom. The minimum absolute atomic E-state index is 0.271. The Morgan fingerprint density at radius 1 is 1.22 bits per heavy atom. The SMILES string of the molecule is COc1ccc(C)c(-n2c(N)c(C(N)=O)c3cc(C)n4cnnc4c32)c1C. The van der Waals surface area contributed by atoms with Gasteiger partial charge in [-0.25, -0.2) is 0 Å². The fourth-order valence-electron chi connectivity index (χ4n) is 3.78. The molecule has 0 aliphatic rings. The first-order chi connectivity index (χ1) is 12.9. The van der Waals surface area contributed by atoms with Crippen LogP contribution in [0.2, 0.25) is 0 Å². The highest BCUT2D eigenvalue weighted by Crippen LogP contribution is 2.38. The first-order valence-corrected chi connectivity index (χ1v) is 8.44. The van der Waals surface area contributed by atoms with Crippen LogP contribution in [-0.2, 0) is 0 Å². The lowest BCUT2D eigenvalue weighted by Gasteiger charge is -2.17. The average Bonchev–Trinajstić information content (AvgIpc) is 3.19. The highest BCUT2D eigenvalue weighted by Gasteiger charge is 2.25. The van der Waals surface area contributed by atoms with Crippen LogP contribution in [0.25, 0.3) is 22.2 Å². The van der Waals surface area contributed by atoms with E-state index < -0.39 is 5.91 Å². The number of nitrogen functional groups attached to an aromatic ring is 1. The normalized spacial score (nSPS) is 11.4. The van der Waals surface area contributed by atoms with E-state index in [0.29, 0.717) is 16.6 Å². The Hall–Kier alpha value is -3.55. The van der Waals surface area contributed by atoms with E-state index in [4.69, 9.17) is 16.2 Å². The molecular formula is C19H20N6O2. The molecule has 4 N–H and O–H groups in total. The molecule has 0 aliphatic heterocycles. The van der Waals surface area contributed by atoms with Crippen LogP contribution in [0, 0.1) is 20.8 Å². The maximum atomic E-state index is 12.2. The van der Waals surface area contributed by atoms with Crippen LogP contribution in [-0.4, -0.2) is 32.2 Å². The highest BCUT2D eigenvalue weighted by molar-refractivity contribution is 6.14. The summed E-state index contributed by atoms with van der Waals surface area (Å²) in [6, 6.07) is 5.73. The van der Waals surface area contributed by atoms with Crippen molar-refractivity contribution < 1.29 is 9.53 Å². The van der Waals surface area contributed by atoms with E-state index in [1.165, 1.54) is 0 Å². The number of hydrogen-bond acceptors (Lipinski definition) is 5. The van der Waals surface area contributed by atoms with Crippen LogP contribution in [0.1, 0.15) is 27.2 Å². The number of fused-ring (bicyclic) bond motifs is 3. The summed E-state index contributed by atoms with van der Waals surface area (Å²) in [5.74, 6) is 0.409. The van der Waals surface area contributed by atoms with E-state index >= 15 is 0 Å². The molecule has 0 atom stereocenters. The number of aromatic nitrogens is 4. The molecule has 0 unspecified atom stereocenters. The molecule has 0 aliphatic carbocycles. The molecule has 3 heterocycles. The first kappa shape index (κ1) is 16.9. The number of carbonyl (C=O) groups is 1. The maximum absolute atomic E-state index is 12.2. The first-order valence-electron chi connectivity index (χ1n) is 8.44. The second-order valence-corrected chi connectivity index (χ2v) is 6.59. The number of nitrogens with two attached hydrogens (primary N) is 2. The van der Waals surface area contributed by atoms with Gasteiger partial charge in [-0.15, -0.1) is 10.2 Å². The zero-order valence-corrected chi connectivity index (χ0v) is 15.6. The van der Waals surface area contributed by atoms with Gasteiger partial charge in [-0.2, -0.15) is 0 Å². The molecule has 0 radical (unpaired) electrons. The van der Waals surface area contributed by atoms with Crippen LogP contribution in [0.15, 0.2) is 24.5 Å². The molecule has 0 bridgehead atoms. The summed E-state index contributed by atoms with van der Waals surface area (Å²) >= 11 is 0. The predicted molar refractivity (Wildman–Crippen MR) is 104 cm³/mol. The van der Waals surface area contributed by atoms with Gasteiger partial charge in [0.05, 0.1) is 18.4 Å². The number of hydrogen-bond donors (Lipinski definition) is 2. The van der Waals surface area contributed by atoms with Gasteiger partial charge >= 0.3 is 0 Å². The van der Waals surface area contributed by atoms with Gasteiger partial charge in [-0.3, -0.25) is 13.8 Å². The summed E-state index contributed by atoms with van der Waals surface area (Å²) in [6.07, 6.45) is 1.63. The number of rotatable bonds is 3. The Balaban J connectivity index is 2.28. The average molecular weight is 364 g/mol. The molecule has 0 saturated carbocycles. The summed E-state index contributed by atoms with van der Waals surface area (Å²) in [5, 5.41) is 8.94. The zero-order valence-electron chi connectivity index (χ0n) is 15.6. The number of anilines is 1. The number of nitrogens with zero attached hydrogens (tertiary/aromatic N) is 4. The molecule has 8 nitrogen and oxygen atoms in total. The van der Waals surface area contributed by atoms with Crippen LogP contribution < -0.4 is 16.2 Å². The Labute approximate surface area is 155 Å². The third-order valence-electron chi connectivity index (χ3n) is 5.01. The molecule has 4 aromatic rings. The van der Waals surface area contributed by atoms with E-state index in [2.05, 4.69) is 10.2 Å². The lowest BCUT2D eigenvalue weighted by molar-refractivity contribution is 0.100. The Kier molecular flexibility index (Phi) is 3.59. The largest absolute Gasteiger partial charge is 0.496 e. The van der Waals surface area contributed by atoms with Gasteiger partial charge in [0, 0.05) is 16.6 Å². The zero-order chi connectivity index (χ0) is 19.5. The molecule has 1 aromatic carbocycles. The number of primary amides is 1. The van der Waals surface area contributed by atoms with Crippen LogP contribution in [0.4, 0.5) is 5.82 Å². The van der Waals surface area contributed by atoms with Crippen molar-refractivity contribution in [1.29, 1.82) is 0 Å². The Bertz CT molecular complexity index is 1230. The third kappa shape index (κ3) is 2.19. The number of benzene rings is 1. The summed E-state index contributed by atoms with van der Waals surface area (Å²) in [5.41, 5.74) is 17.3. The number of amides is 1. The molecule has 138 valence electrons. The summed E-state index contributed by atoms with van der Waals surface area (Å²) in [4.78, 5) is 12.2. The van der Waals surface area contributed by atoms with Crippen molar-refractivity contribution in [3.8, 4) is 11.4 Å². The number of pyridine rings is 1. The van der Waals surface area contributed by atoms with Gasteiger partial charge in [-0.1, -0.05) is 6.07 Å². The lowest BCUT2D eigenvalue weighted by atomic mass is 10.1. The molecule has 0 spiro atoms. The van der Waals surface area contributed by atoms with E-state index in [1.54, 1.807) is 13.4 Å². The molecule has 4 rings (SSSR count). The van der Waals surface area contributed by atoms with Gasteiger partial charge in [0.2, 0.25) is 0 Å². The molecule has 1 amide bonds. The van der Waals surface area contributed by atoms with Crippen molar-refractivity contribution in [2.75, 3.05) is 12.8 Å². The van der Waals surface area contributed by atoms with Crippen molar-refractivity contribution in [1.82, 2.24) is 19.2 Å². The van der Waals surface area contributed by atoms with Crippen LogP contribution in [0.3, 0.4) is 0 Å². The van der Waals surface area contributed by atoms with E-state index in [1.807, 2.05) is 47.9 Å². The Morgan fingerprint density at radius 3 is 2.63 bits per heavy atom. The van der Waals surface area contributed by atoms with Gasteiger partial charge in [0.25, 0.3) is 5.91 Å². The molecule has 8 heteroatoms. The van der Waals surface area contributed by atoms with Gasteiger partial charge < -0.3 is 16.2 Å². The van der Waals surface area contributed by atoms with Gasteiger partial charge in [0.15, 0.2) is 5.65 Å². The van der Waals surface area contributed by atoms with Crippen molar-refractivity contribution in [3.63, 3.8) is 0 Å². The topological polar surface area (TPSA) is 113 Å². The summed E-state index contributed by atoms with van der Waals surface area (Å²) in [7, 11) is 1.62. The molecule has 3 aromatic heterocycles. The molecular weight excluding hydrogens is 344 g/mol. The fourth-order valence-corrected chi connectivity index (χ4v) is 3.78. The minimum atomic E-state index is -0.585. The maximum Gasteiger partial charge on any atom is 0.253 e. The van der Waals surface area contributed by atoms with E-state index in [-0.39, 0.29) is 11.4 Å². The second kappa shape index (κ2) is 5.73. The lowest BCUT2D eigenvalue weighted by Crippen LogP contribution is -2.14. The van der Waals surface area contributed by atoms with E-state index in [0.717, 1.165) is 28.3 Å². The number of methoxy groups -OCH3 is 1. The number of ether oxygens (including phenoxy) is 1. The van der Waals surface area contributed by atoms with Crippen molar-refractivity contribution in [2.24, 2.45) is 5.73 Å². The molecule has 27 heavy (non-hydrogen) atoms. The molecule has 0 fully saturated rings. The predicted octanol–water partition coefficient (Wildman–Crippen LogP) is 2.29. The van der Waals surface area contributed by atoms with Crippen molar-refractivity contribution >= 4 is 28.3 Å². The summed E-state index contributed by atoms with van der Waals surface area (Å²) in [6.45, 7) is 5.84. The van der Waals surface area contributed by atoms with Gasteiger partial charge in [-0.05, 0) is 38.5 Å². The van der Waals surface area contributed by atoms with Gasteiger partial charge in [0.1, 0.15) is 23.4 Å². The number of carbonyl (C=O) groups excluding carboxylic acids is 1. The van der Waals surface area contributed by atoms with Crippen LogP contribution in [0.5, 0.6) is 5.75 Å². The fraction of sp³-hybridized carbons (Fsp3) is 0.211. The molecule has 0 saturated heterocycles. The smallest absolute Gasteiger partial charge is 0.253 e. The highest BCUT2D eigenvalue weighted by atomic mass is 16.5. The second-order valence-electron chi connectivity index (χ2n) is 6.59. The monoisotopic (exact) mass is 364 g/mol. The van der Waals surface area contributed by atoms with E-state index in [9.17, 15) is 4.79 Å². The third-order valence-corrected chi connectivity index (χ3v) is 5.01. The van der Waals surface area contributed by atoms with Crippen molar-refractivity contribution in [2.45, 2.75) is 20.8 Å². The summed E-state index contributed by atoms with van der Waals surface area (Å²) < 4.78 is 9.16. The minimum Gasteiger partial charge on any atom is -0.496 e. The quantitative estimate of drug-likeness (QED) is 0.579. The number of aryl methyl sites for hydroxylation is 2. The standard InChI is InChI=1S/C19H20N6O2/c1-9-5-6-13(27-4)11(3)15(9)25-16-12(14(17(25)20)18(21)26)7-10(2)24-8-22-23-19(16)24/h5-8H,20H2,1-4H3,(H2,21,26).